The van der Waals surface area contributed by atoms with E-state index in [-0.39, 0.29) is 11.4 Å². The van der Waals surface area contributed by atoms with Crippen molar-refractivity contribution in [2.45, 2.75) is 6.42 Å². The van der Waals surface area contributed by atoms with Crippen LogP contribution in [0.3, 0.4) is 0 Å². The minimum Gasteiger partial charge on any atom is -0.481 e. The summed E-state index contributed by atoms with van der Waals surface area (Å²) < 4.78 is 4.97. The zero-order chi connectivity index (χ0) is 13.0. The standard InChI is InChI=1S/C12H11N5O/c1-18-11-3-2-8(6-16-11)4-10-15-7-9(5-13)12(14)17-10/h2-3,6-7H,4H2,1H3,(H2,14,15,17). The van der Waals surface area contributed by atoms with E-state index in [1.165, 1.54) is 6.20 Å². The van der Waals surface area contributed by atoms with Gasteiger partial charge in [-0.2, -0.15) is 5.26 Å². The molecule has 0 saturated heterocycles. The molecule has 0 radical (unpaired) electrons. The molecule has 18 heavy (non-hydrogen) atoms. The normalized spacial score (nSPS) is 9.78. The summed E-state index contributed by atoms with van der Waals surface area (Å²) in [6.45, 7) is 0. The quantitative estimate of drug-likeness (QED) is 0.858. The van der Waals surface area contributed by atoms with Gasteiger partial charge < -0.3 is 10.5 Å². The van der Waals surface area contributed by atoms with Crippen molar-refractivity contribution in [1.29, 1.82) is 5.26 Å². The minimum absolute atomic E-state index is 0.198. The second-order valence-corrected chi connectivity index (χ2v) is 3.58. The number of nitrogen functional groups attached to an aromatic ring is 1. The van der Waals surface area contributed by atoms with E-state index < -0.39 is 0 Å². The molecule has 0 saturated carbocycles. The largest absolute Gasteiger partial charge is 0.481 e. The van der Waals surface area contributed by atoms with Gasteiger partial charge in [-0.05, 0) is 5.56 Å². The molecule has 0 aliphatic carbocycles. The van der Waals surface area contributed by atoms with Crippen molar-refractivity contribution in [3.05, 3.63) is 41.5 Å². The first-order chi connectivity index (χ1) is 8.72. The van der Waals surface area contributed by atoms with E-state index in [0.29, 0.717) is 18.1 Å². The van der Waals surface area contributed by atoms with Crippen LogP contribution >= 0.6 is 0 Å². The van der Waals surface area contributed by atoms with Crippen LogP contribution in [0.15, 0.2) is 24.5 Å². The molecule has 2 aromatic heterocycles. The van der Waals surface area contributed by atoms with Gasteiger partial charge in [0.25, 0.3) is 0 Å². The van der Waals surface area contributed by atoms with Crippen LogP contribution in [0.5, 0.6) is 5.88 Å². The molecule has 2 aromatic rings. The third-order valence-electron chi connectivity index (χ3n) is 2.36. The Bertz CT molecular complexity index is 588. The van der Waals surface area contributed by atoms with Crippen molar-refractivity contribution < 1.29 is 4.74 Å². The van der Waals surface area contributed by atoms with E-state index >= 15 is 0 Å². The van der Waals surface area contributed by atoms with Crippen LogP contribution in [0.1, 0.15) is 17.0 Å². The van der Waals surface area contributed by atoms with Crippen LogP contribution in [-0.2, 0) is 6.42 Å². The molecule has 90 valence electrons. The fraction of sp³-hybridized carbons (Fsp3) is 0.167. The predicted molar refractivity (Wildman–Crippen MR) is 64.8 cm³/mol. The van der Waals surface area contributed by atoms with Gasteiger partial charge in [-0.3, -0.25) is 0 Å². The molecule has 2 rings (SSSR count). The summed E-state index contributed by atoms with van der Waals surface area (Å²) in [6, 6.07) is 5.57. The number of nitrogens with two attached hydrogens (primary N) is 1. The number of aromatic nitrogens is 3. The summed E-state index contributed by atoms with van der Waals surface area (Å²) in [5, 5.41) is 8.72. The first-order valence-electron chi connectivity index (χ1n) is 5.23. The van der Waals surface area contributed by atoms with E-state index in [9.17, 15) is 0 Å². The molecule has 0 fully saturated rings. The minimum atomic E-state index is 0.198. The highest BCUT2D eigenvalue weighted by Gasteiger charge is 2.05. The maximum absolute atomic E-state index is 8.72. The molecule has 0 aromatic carbocycles. The Morgan fingerprint density at radius 3 is 2.72 bits per heavy atom. The lowest BCUT2D eigenvalue weighted by Crippen LogP contribution is -2.03. The van der Waals surface area contributed by atoms with Crippen LogP contribution in [0, 0.1) is 11.3 Å². The molecule has 0 aliphatic heterocycles. The van der Waals surface area contributed by atoms with Crippen LogP contribution < -0.4 is 10.5 Å². The van der Waals surface area contributed by atoms with Gasteiger partial charge in [-0.1, -0.05) is 6.07 Å². The van der Waals surface area contributed by atoms with Gasteiger partial charge in [-0.25, -0.2) is 15.0 Å². The number of ether oxygens (including phenoxy) is 1. The Balaban J connectivity index is 2.18. The Hall–Kier alpha value is -2.68. The summed E-state index contributed by atoms with van der Waals surface area (Å²) in [5.74, 6) is 1.31. The molecule has 2 heterocycles. The third-order valence-corrected chi connectivity index (χ3v) is 2.36. The van der Waals surface area contributed by atoms with Crippen molar-refractivity contribution in [2.24, 2.45) is 0 Å². The molecule has 0 amide bonds. The number of methoxy groups -OCH3 is 1. The smallest absolute Gasteiger partial charge is 0.212 e. The van der Waals surface area contributed by atoms with Gasteiger partial charge in [0.05, 0.1) is 13.3 Å². The summed E-state index contributed by atoms with van der Waals surface area (Å²) in [7, 11) is 1.56. The molecule has 0 spiro atoms. The second kappa shape index (κ2) is 5.10. The molecular formula is C12H11N5O. The van der Waals surface area contributed by atoms with Gasteiger partial charge in [0.2, 0.25) is 5.88 Å². The lowest BCUT2D eigenvalue weighted by atomic mass is 10.2. The Morgan fingerprint density at radius 1 is 1.33 bits per heavy atom. The van der Waals surface area contributed by atoms with E-state index in [0.717, 1.165) is 5.56 Å². The summed E-state index contributed by atoms with van der Waals surface area (Å²) >= 11 is 0. The van der Waals surface area contributed by atoms with Crippen LogP contribution in [0.25, 0.3) is 0 Å². The van der Waals surface area contributed by atoms with Crippen molar-refractivity contribution in [1.82, 2.24) is 15.0 Å². The molecule has 2 N–H and O–H groups in total. The average molecular weight is 241 g/mol. The lowest BCUT2D eigenvalue weighted by Gasteiger charge is -2.03. The second-order valence-electron chi connectivity index (χ2n) is 3.58. The van der Waals surface area contributed by atoms with Crippen LogP contribution in [0.4, 0.5) is 5.82 Å². The summed E-state index contributed by atoms with van der Waals surface area (Å²) in [5.41, 5.74) is 6.85. The highest BCUT2D eigenvalue weighted by Crippen LogP contribution is 2.11. The summed E-state index contributed by atoms with van der Waals surface area (Å²) in [4.78, 5) is 12.2. The topological polar surface area (TPSA) is 97.7 Å². The van der Waals surface area contributed by atoms with Gasteiger partial charge in [0.15, 0.2) is 0 Å². The maximum atomic E-state index is 8.72. The first-order valence-corrected chi connectivity index (χ1v) is 5.23. The van der Waals surface area contributed by atoms with Crippen LogP contribution in [-0.4, -0.2) is 22.1 Å². The van der Waals surface area contributed by atoms with Crippen molar-refractivity contribution >= 4 is 5.82 Å². The Kier molecular flexibility index (Phi) is 3.34. The number of hydrogen-bond donors (Lipinski definition) is 1. The molecule has 6 nitrogen and oxygen atoms in total. The van der Waals surface area contributed by atoms with E-state index in [1.54, 1.807) is 19.4 Å². The van der Waals surface area contributed by atoms with Crippen molar-refractivity contribution in [3.63, 3.8) is 0 Å². The highest BCUT2D eigenvalue weighted by molar-refractivity contribution is 5.46. The molecular weight excluding hydrogens is 230 g/mol. The van der Waals surface area contributed by atoms with Gasteiger partial charge in [0.1, 0.15) is 23.3 Å². The predicted octanol–water partition coefficient (Wildman–Crippen LogP) is 0.925. The maximum Gasteiger partial charge on any atom is 0.212 e. The van der Waals surface area contributed by atoms with Crippen molar-refractivity contribution in [3.8, 4) is 11.9 Å². The average Bonchev–Trinajstić information content (AvgIpc) is 2.40. The fourth-order valence-corrected chi connectivity index (χ4v) is 1.42. The summed E-state index contributed by atoms with van der Waals surface area (Å²) in [6.07, 6.45) is 3.62. The number of rotatable bonds is 3. The van der Waals surface area contributed by atoms with E-state index in [1.807, 2.05) is 12.1 Å². The zero-order valence-corrected chi connectivity index (χ0v) is 9.79. The first kappa shape index (κ1) is 11.8. The van der Waals surface area contributed by atoms with Gasteiger partial charge in [0, 0.05) is 18.7 Å². The lowest BCUT2D eigenvalue weighted by molar-refractivity contribution is 0.397. The number of hydrogen-bond acceptors (Lipinski definition) is 6. The highest BCUT2D eigenvalue weighted by atomic mass is 16.5. The zero-order valence-electron chi connectivity index (χ0n) is 9.79. The molecule has 0 bridgehead atoms. The molecule has 0 unspecified atom stereocenters. The number of anilines is 1. The molecule has 6 heteroatoms. The van der Waals surface area contributed by atoms with Gasteiger partial charge >= 0.3 is 0 Å². The monoisotopic (exact) mass is 241 g/mol. The number of nitrogens with zero attached hydrogens (tertiary/aromatic N) is 4. The number of nitriles is 1. The van der Waals surface area contributed by atoms with E-state index in [2.05, 4.69) is 15.0 Å². The van der Waals surface area contributed by atoms with Crippen molar-refractivity contribution in [2.75, 3.05) is 12.8 Å². The third kappa shape index (κ3) is 2.52. The molecule has 0 atom stereocenters. The van der Waals surface area contributed by atoms with E-state index in [4.69, 9.17) is 15.7 Å². The fourth-order valence-electron chi connectivity index (χ4n) is 1.42. The Labute approximate surface area is 104 Å². The number of pyridine rings is 1. The SMILES string of the molecule is COc1ccc(Cc2ncc(C#N)c(N)n2)cn1. The molecule has 0 aliphatic rings. The van der Waals surface area contributed by atoms with Crippen LogP contribution in [0.2, 0.25) is 0 Å². The Morgan fingerprint density at radius 2 is 2.17 bits per heavy atom. The van der Waals surface area contributed by atoms with Gasteiger partial charge in [-0.15, -0.1) is 0 Å².